The number of aromatic nitrogens is 1. The van der Waals surface area contributed by atoms with Crippen LogP contribution in [0.4, 0.5) is 5.69 Å². The van der Waals surface area contributed by atoms with Crippen LogP contribution in [0.1, 0.15) is 6.92 Å². The van der Waals surface area contributed by atoms with Gasteiger partial charge in [-0.25, -0.2) is 5.43 Å². The van der Waals surface area contributed by atoms with Crippen molar-refractivity contribution in [1.29, 1.82) is 0 Å². The van der Waals surface area contributed by atoms with Crippen LogP contribution in [0.25, 0.3) is 0 Å². The monoisotopic (exact) mass is 151 g/mol. The van der Waals surface area contributed by atoms with Crippen molar-refractivity contribution in [1.82, 2.24) is 10.4 Å². The van der Waals surface area contributed by atoms with E-state index in [0.29, 0.717) is 0 Å². The molecule has 0 aliphatic carbocycles. The number of anilines is 1. The van der Waals surface area contributed by atoms with Crippen molar-refractivity contribution in [2.24, 2.45) is 0 Å². The van der Waals surface area contributed by atoms with Gasteiger partial charge in [-0.15, -0.1) is 0 Å². The van der Waals surface area contributed by atoms with Crippen LogP contribution >= 0.6 is 0 Å². The summed E-state index contributed by atoms with van der Waals surface area (Å²) in [6.45, 7) is 3.02. The van der Waals surface area contributed by atoms with Crippen LogP contribution in [-0.4, -0.2) is 18.6 Å². The molecule has 11 heavy (non-hydrogen) atoms. The van der Waals surface area contributed by atoms with E-state index in [1.165, 1.54) is 0 Å². The van der Waals surface area contributed by atoms with Crippen LogP contribution in [0.5, 0.6) is 0 Å². The van der Waals surface area contributed by atoms with Crippen molar-refractivity contribution >= 4 is 5.69 Å². The summed E-state index contributed by atoms with van der Waals surface area (Å²) in [6, 6.07) is 3.95. The fourth-order valence-electron chi connectivity index (χ4n) is 0.983. The molecular formula is C8H13N3. The van der Waals surface area contributed by atoms with Gasteiger partial charge in [-0.1, -0.05) is 0 Å². The van der Waals surface area contributed by atoms with Gasteiger partial charge >= 0.3 is 0 Å². The maximum Gasteiger partial charge on any atom is 0.0702 e. The zero-order valence-electron chi connectivity index (χ0n) is 6.91. The Kier molecular flexibility index (Phi) is 2.86. The highest BCUT2D eigenvalue weighted by Crippen LogP contribution is 2.07. The topological polar surface area (TPSA) is 28.2 Å². The highest BCUT2D eigenvalue weighted by atomic mass is 15.5. The number of nitrogens with one attached hydrogen (secondary N) is 1. The van der Waals surface area contributed by atoms with E-state index in [1.807, 2.05) is 30.4 Å². The third-order valence-electron chi connectivity index (χ3n) is 1.54. The van der Waals surface area contributed by atoms with E-state index in [-0.39, 0.29) is 0 Å². The number of rotatable bonds is 3. The predicted molar refractivity (Wildman–Crippen MR) is 46.3 cm³/mol. The second-order valence-corrected chi connectivity index (χ2v) is 2.18. The maximum absolute atomic E-state index is 4.02. The van der Waals surface area contributed by atoms with Gasteiger partial charge in [0.25, 0.3) is 0 Å². The molecule has 60 valence electrons. The average molecular weight is 151 g/mol. The Morgan fingerprint density at radius 1 is 1.64 bits per heavy atom. The lowest BCUT2D eigenvalue weighted by Gasteiger charge is -2.20. The van der Waals surface area contributed by atoms with Crippen molar-refractivity contribution < 1.29 is 0 Å². The largest absolute Gasteiger partial charge is 0.307 e. The Hall–Kier alpha value is -1.09. The molecule has 1 aromatic rings. The Morgan fingerprint density at radius 3 is 2.91 bits per heavy atom. The van der Waals surface area contributed by atoms with E-state index >= 15 is 0 Å². The number of hydrogen-bond acceptors (Lipinski definition) is 3. The lowest BCUT2D eigenvalue weighted by molar-refractivity contribution is 0.725. The molecule has 0 aliphatic rings. The summed E-state index contributed by atoms with van der Waals surface area (Å²) in [6.07, 6.45) is 3.60. The lowest BCUT2D eigenvalue weighted by Crippen LogP contribution is -2.34. The first kappa shape index (κ1) is 8.01. The third kappa shape index (κ3) is 1.91. The molecule has 0 fully saturated rings. The van der Waals surface area contributed by atoms with Gasteiger partial charge in [-0.05, 0) is 19.1 Å². The van der Waals surface area contributed by atoms with E-state index in [0.717, 1.165) is 12.2 Å². The molecule has 3 nitrogen and oxygen atoms in total. The molecule has 0 amide bonds. The average Bonchev–Trinajstić information content (AvgIpc) is 2.09. The molecule has 0 bridgehead atoms. The molecule has 0 saturated heterocycles. The van der Waals surface area contributed by atoms with Crippen LogP contribution in [0.15, 0.2) is 24.5 Å². The van der Waals surface area contributed by atoms with Gasteiger partial charge in [0.1, 0.15) is 0 Å². The van der Waals surface area contributed by atoms with Crippen molar-refractivity contribution in [3.63, 3.8) is 0 Å². The predicted octanol–water partition coefficient (Wildman–Crippen LogP) is 1.04. The van der Waals surface area contributed by atoms with Gasteiger partial charge in [-0.3, -0.25) is 4.98 Å². The normalized spacial score (nSPS) is 9.64. The van der Waals surface area contributed by atoms with Gasteiger partial charge in [0.05, 0.1) is 11.9 Å². The minimum Gasteiger partial charge on any atom is -0.307 e. The number of pyridine rings is 1. The van der Waals surface area contributed by atoms with Crippen LogP contribution < -0.4 is 10.4 Å². The first-order valence-electron chi connectivity index (χ1n) is 3.73. The van der Waals surface area contributed by atoms with Crippen molar-refractivity contribution in [3.05, 3.63) is 24.5 Å². The van der Waals surface area contributed by atoms with Gasteiger partial charge in [-0.2, -0.15) is 0 Å². The van der Waals surface area contributed by atoms with Crippen molar-refractivity contribution in [2.45, 2.75) is 6.92 Å². The lowest BCUT2D eigenvalue weighted by atomic mass is 10.4. The molecule has 0 saturated carbocycles. The molecule has 1 N–H and O–H groups in total. The molecule has 0 unspecified atom stereocenters. The Labute approximate surface area is 67.0 Å². The van der Waals surface area contributed by atoms with E-state index in [9.17, 15) is 0 Å². The Balaban J connectivity index is 2.74. The molecule has 0 radical (unpaired) electrons. The van der Waals surface area contributed by atoms with Crippen LogP contribution in [-0.2, 0) is 0 Å². The highest BCUT2D eigenvalue weighted by molar-refractivity contribution is 5.41. The molecule has 1 heterocycles. The summed E-state index contributed by atoms with van der Waals surface area (Å²) < 4.78 is 0. The van der Waals surface area contributed by atoms with E-state index in [2.05, 4.69) is 17.3 Å². The minimum atomic E-state index is 0.933. The van der Waals surface area contributed by atoms with Crippen molar-refractivity contribution in [3.8, 4) is 0 Å². The SMILES string of the molecule is CCN(NC)c1cccnc1. The molecule has 0 aromatic carbocycles. The molecule has 0 atom stereocenters. The first-order chi connectivity index (χ1) is 5.38. The van der Waals surface area contributed by atoms with E-state index in [1.54, 1.807) is 6.20 Å². The fourth-order valence-corrected chi connectivity index (χ4v) is 0.983. The van der Waals surface area contributed by atoms with Gasteiger partial charge in [0, 0.05) is 19.8 Å². The fraction of sp³-hybridized carbons (Fsp3) is 0.375. The second kappa shape index (κ2) is 3.93. The number of nitrogens with zero attached hydrogens (tertiary/aromatic N) is 2. The first-order valence-corrected chi connectivity index (χ1v) is 3.73. The summed E-state index contributed by atoms with van der Waals surface area (Å²) in [5, 5.41) is 2.02. The van der Waals surface area contributed by atoms with Gasteiger partial charge < -0.3 is 5.01 Å². The molecule has 3 heteroatoms. The Morgan fingerprint density at radius 2 is 2.45 bits per heavy atom. The standard InChI is InChI=1S/C8H13N3/c1-3-11(9-2)8-5-4-6-10-7-8/h4-7,9H,3H2,1-2H3. The molecule has 1 rings (SSSR count). The summed E-state index contributed by atoms with van der Waals surface area (Å²) in [4.78, 5) is 4.02. The van der Waals surface area contributed by atoms with Crippen LogP contribution in [0, 0.1) is 0 Å². The van der Waals surface area contributed by atoms with Gasteiger partial charge in [0.2, 0.25) is 0 Å². The maximum atomic E-state index is 4.02. The van der Waals surface area contributed by atoms with Gasteiger partial charge in [0.15, 0.2) is 0 Å². The summed E-state index contributed by atoms with van der Waals surface area (Å²) >= 11 is 0. The summed E-state index contributed by atoms with van der Waals surface area (Å²) in [7, 11) is 1.90. The Bertz CT molecular complexity index is 194. The second-order valence-electron chi connectivity index (χ2n) is 2.18. The van der Waals surface area contributed by atoms with Crippen LogP contribution in [0.2, 0.25) is 0 Å². The number of hydrogen-bond donors (Lipinski definition) is 1. The molecule has 0 aliphatic heterocycles. The molecule has 1 aromatic heterocycles. The quantitative estimate of drug-likeness (QED) is 0.654. The minimum absolute atomic E-state index is 0.933. The summed E-state index contributed by atoms with van der Waals surface area (Å²) in [5.41, 5.74) is 4.16. The summed E-state index contributed by atoms with van der Waals surface area (Å²) in [5.74, 6) is 0. The zero-order chi connectivity index (χ0) is 8.10. The third-order valence-corrected chi connectivity index (χ3v) is 1.54. The smallest absolute Gasteiger partial charge is 0.0702 e. The highest BCUT2D eigenvalue weighted by Gasteiger charge is 1.97. The molecule has 0 spiro atoms. The number of hydrazine groups is 1. The zero-order valence-corrected chi connectivity index (χ0v) is 6.91. The van der Waals surface area contributed by atoms with Crippen LogP contribution in [0.3, 0.4) is 0 Å². The van der Waals surface area contributed by atoms with Crippen molar-refractivity contribution in [2.75, 3.05) is 18.6 Å². The van der Waals surface area contributed by atoms with E-state index < -0.39 is 0 Å². The molecular weight excluding hydrogens is 138 g/mol. The van der Waals surface area contributed by atoms with E-state index in [4.69, 9.17) is 0 Å².